The number of aromatic nitrogens is 3. The van der Waals surface area contributed by atoms with Gasteiger partial charge >= 0.3 is 0 Å². The highest BCUT2D eigenvalue weighted by molar-refractivity contribution is 7.09. The monoisotopic (exact) mass is 758 g/mol. The van der Waals surface area contributed by atoms with E-state index in [2.05, 4.69) is 30.9 Å². The molecule has 0 fully saturated rings. The summed E-state index contributed by atoms with van der Waals surface area (Å²) in [5.74, 6) is -2.80. The predicted molar refractivity (Wildman–Crippen MR) is 203 cm³/mol. The molecular formula is C37H46N10O6S. The Labute approximate surface area is 316 Å². The molecule has 0 spiro atoms. The zero-order valence-corrected chi connectivity index (χ0v) is 31.7. The summed E-state index contributed by atoms with van der Waals surface area (Å²) in [5.41, 5.74) is 7.63. The highest BCUT2D eigenvalue weighted by Crippen LogP contribution is 2.25. The summed E-state index contributed by atoms with van der Waals surface area (Å²) in [7, 11) is 2.98. The third-order valence-electron chi connectivity index (χ3n) is 9.04. The fourth-order valence-corrected chi connectivity index (χ4v) is 7.06. The predicted octanol–water partition coefficient (Wildman–Crippen LogP) is 1.72. The van der Waals surface area contributed by atoms with Crippen LogP contribution in [-0.2, 0) is 25.6 Å². The first kappa shape index (κ1) is 39.4. The second-order valence-electron chi connectivity index (χ2n) is 13.9. The molecule has 54 heavy (non-hydrogen) atoms. The average Bonchev–Trinajstić information content (AvgIpc) is 3.79. The highest BCUT2D eigenvalue weighted by atomic mass is 32.1. The number of likely N-dealkylation sites (N-methyl/N-ethyl adjacent to an activating group) is 2. The number of hydrogen-bond acceptors (Lipinski definition) is 10. The van der Waals surface area contributed by atoms with Gasteiger partial charge in [-0.25, -0.2) is 9.97 Å². The molecule has 286 valence electrons. The van der Waals surface area contributed by atoms with Crippen LogP contribution in [0.25, 0.3) is 10.9 Å². The Bertz CT molecular complexity index is 2010. The molecule has 6 amide bonds. The number of nitrogens with one attached hydrogen (secondary N) is 4. The van der Waals surface area contributed by atoms with Gasteiger partial charge in [-0.1, -0.05) is 32.0 Å². The van der Waals surface area contributed by atoms with E-state index >= 15 is 0 Å². The van der Waals surface area contributed by atoms with Crippen molar-refractivity contribution in [3.05, 3.63) is 76.0 Å². The number of rotatable bonds is 5. The van der Waals surface area contributed by atoms with Gasteiger partial charge in [0.15, 0.2) is 0 Å². The number of carbonyl (C=O) groups excluding carboxylic acids is 6. The van der Waals surface area contributed by atoms with E-state index in [0.29, 0.717) is 11.4 Å². The number of para-hydroxylation sites is 1. The summed E-state index contributed by atoms with van der Waals surface area (Å²) < 4.78 is 0. The van der Waals surface area contributed by atoms with E-state index in [-0.39, 0.29) is 55.6 Å². The summed E-state index contributed by atoms with van der Waals surface area (Å²) in [6, 6.07) is 7.91. The van der Waals surface area contributed by atoms with Gasteiger partial charge in [-0.05, 0) is 43.0 Å². The highest BCUT2D eigenvalue weighted by Gasteiger charge is 2.30. The first-order valence-electron chi connectivity index (χ1n) is 17.6. The lowest BCUT2D eigenvalue weighted by Gasteiger charge is -2.28. The van der Waals surface area contributed by atoms with Crippen molar-refractivity contribution < 1.29 is 28.8 Å². The van der Waals surface area contributed by atoms with Crippen molar-refractivity contribution in [2.24, 2.45) is 5.92 Å². The normalized spacial score (nSPS) is 20.1. The number of nitrogen functional groups attached to an aromatic ring is 1. The van der Waals surface area contributed by atoms with E-state index in [1.54, 1.807) is 11.6 Å². The maximum atomic E-state index is 13.9. The van der Waals surface area contributed by atoms with Crippen LogP contribution in [0.1, 0.15) is 64.7 Å². The first-order valence-corrected chi connectivity index (χ1v) is 18.5. The lowest BCUT2D eigenvalue weighted by molar-refractivity contribution is -0.138. The molecule has 0 saturated carbocycles. The van der Waals surface area contributed by atoms with Gasteiger partial charge in [0.1, 0.15) is 28.6 Å². The number of thiazole rings is 1. The third kappa shape index (κ3) is 9.77. The number of carbonyl (C=O) groups is 6. The van der Waals surface area contributed by atoms with Crippen LogP contribution in [0.15, 0.2) is 54.2 Å². The molecule has 0 unspecified atom stereocenters. The first-order chi connectivity index (χ1) is 25.7. The number of aromatic amines is 1. The summed E-state index contributed by atoms with van der Waals surface area (Å²) in [5, 5.41) is 11.4. The number of nitrogens with two attached hydrogens (primary N) is 1. The Hall–Kier alpha value is -5.84. The molecule has 0 aliphatic carbocycles. The molecule has 3 aromatic heterocycles. The van der Waals surface area contributed by atoms with E-state index in [1.807, 2.05) is 38.1 Å². The largest absolute Gasteiger partial charge is 0.384 e. The van der Waals surface area contributed by atoms with Crippen molar-refractivity contribution >= 4 is 63.5 Å². The van der Waals surface area contributed by atoms with Crippen LogP contribution in [0.4, 0.5) is 5.82 Å². The lowest BCUT2D eigenvalue weighted by Crippen LogP contribution is -2.53. The van der Waals surface area contributed by atoms with Crippen LogP contribution in [0.2, 0.25) is 0 Å². The van der Waals surface area contributed by atoms with Gasteiger partial charge in [0.25, 0.3) is 11.8 Å². The van der Waals surface area contributed by atoms with Gasteiger partial charge in [-0.3, -0.25) is 28.8 Å². The fourth-order valence-electron chi connectivity index (χ4n) is 6.20. The minimum Gasteiger partial charge on any atom is -0.384 e. The molecule has 5 rings (SSSR count). The molecule has 4 heterocycles. The third-order valence-corrected chi connectivity index (χ3v) is 10.00. The number of nitrogens with zero attached hydrogens (tertiary/aromatic N) is 5. The number of anilines is 1. The van der Waals surface area contributed by atoms with Crippen molar-refractivity contribution in [2.75, 3.05) is 46.0 Å². The van der Waals surface area contributed by atoms with Crippen molar-refractivity contribution in [1.82, 2.24) is 45.6 Å². The molecule has 17 heteroatoms. The van der Waals surface area contributed by atoms with E-state index in [9.17, 15) is 28.8 Å². The molecule has 2 bridgehead atoms. The van der Waals surface area contributed by atoms with E-state index in [4.69, 9.17) is 5.73 Å². The van der Waals surface area contributed by atoms with Crippen LogP contribution >= 0.6 is 11.3 Å². The second kappa shape index (κ2) is 17.3. The van der Waals surface area contributed by atoms with Crippen LogP contribution < -0.4 is 21.7 Å². The second-order valence-corrected chi connectivity index (χ2v) is 14.7. The van der Waals surface area contributed by atoms with Crippen molar-refractivity contribution in [2.45, 2.75) is 51.7 Å². The minimum atomic E-state index is -1.08. The molecule has 1 aliphatic heterocycles. The SMILES string of the molecule is CC(C)C[C@@H]1NC(=O)CN(C(=O)c2ccc(N)nc2)CCN(C)C(=O)[C@H](C)NC(=O)CN(C)C(=O)[C@@H](Cc2c[nH]c3ccccc23)NC(=O)c2csc1n2. The number of fused-ring (bicyclic) bond motifs is 3. The molecule has 4 aromatic rings. The molecule has 6 N–H and O–H groups in total. The van der Waals surface area contributed by atoms with Crippen LogP contribution in [0, 0.1) is 5.92 Å². The fraction of sp³-hybridized carbons (Fsp3) is 0.405. The quantitative estimate of drug-likeness (QED) is 0.200. The molecule has 1 aromatic carbocycles. The van der Waals surface area contributed by atoms with Crippen LogP contribution in [0.5, 0.6) is 0 Å². The minimum absolute atomic E-state index is 0.0228. The topological polar surface area (TPSA) is 216 Å². The number of amides is 6. The Morgan fingerprint density at radius 1 is 0.926 bits per heavy atom. The van der Waals surface area contributed by atoms with E-state index < -0.39 is 53.6 Å². The Balaban J connectivity index is 1.47. The van der Waals surface area contributed by atoms with Crippen molar-refractivity contribution in [3.63, 3.8) is 0 Å². The standard InChI is InChI=1S/C37H46N10O6S/c1-21(2)14-27-34-44-29(20-54-34)33(50)43-28(15-24-17-39-26-9-7-6-8-25(24)26)37(53)46(5)18-31(48)41-22(3)35(51)45(4)12-13-47(19-32(49)42-27)36(52)23-10-11-30(38)40-16-23/h6-11,16-17,20-22,27-28,39H,12-15,18-19H2,1-5H3,(H2,38,40)(H,41,48)(H,42,49)(H,43,50)/t22-,27-,28+/m0/s1. The van der Waals surface area contributed by atoms with Crippen LogP contribution in [-0.4, -0.2) is 117 Å². The van der Waals surface area contributed by atoms with Gasteiger partial charge in [-0.15, -0.1) is 11.3 Å². The van der Waals surface area contributed by atoms with E-state index in [1.165, 1.54) is 65.4 Å². The van der Waals surface area contributed by atoms with Gasteiger partial charge in [0.05, 0.1) is 24.7 Å². The Kier molecular flexibility index (Phi) is 12.6. The van der Waals surface area contributed by atoms with Crippen molar-refractivity contribution in [1.29, 1.82) is 0 Å². The number of benzene rings is 1. The molecule has 0 radical (unpaired) electrons. The van der Waals surface area contributed by atoms with Gasteiger partial charge in [-0.2, -0.15) is 0 Å². The van der Waals surface area contributed by atoms with Gasteiger partial charge in [0, 0.05) is 62.3 Å². The zero-order chi connectivity index (χ0) is 39.1. The summed E-state index contributed by atoms with van der Waals surface area (Å²) in [6.45, 7) is 4.77. The number of pyridine rings is 1. The van der Waals surface area contributed by atoms with Gasteiger partial charge < -0.3 is 41.4 Å². The summed E-state index contributed by atoms with van der Waals surface area (Å²) in [4.78, 5) is 97.1. The zero-order valence-electron chi connectivity index (χ0n) is 30.9. The van der Waals surface area contributed by atoms with E-state index in [0.717, 1.165) is 16.5 Å². The molecule has 1 aliphatic rings. The molecule has 0 saturated heterocycles. The molecule has 3 atom stereocenters. The average molecular weight is 759 g/mol. The Morgan fingerprint density at radius 3 is 2.39 bits per heavy atom. The van der Waals surface area contributed by atoms with Crippen molar-refractivity contribution in [3.8, 4) is 0 Å². The maximum absolute atomic E-state index is 13.9. The molecular weight excluding hydrogens is 713 g/mol. The number of hydrogen-bond donors (Lipinski definition) is 5. The number of H-pyrrole nitrogens is 1. The molecule has 16 nitrogen and oxygen atoms in total. The lowest BCUT2D eigenvalue weighted by atomic mass is 10.0. The smallest absolute Gasteiger partial charge is 0.271 e. The summed E-state index contributed by atoms with van der Waals surface area (Å²) in [6.07, 6.45) is 3.70. The van der Waals surface area contributed by atoms with Crippen LogP contribution in [0.3, 0.4) is 0 Å². The van der Waals surface area contributed by atoms with Gasteiger partial charge in [0.2, 0.25) is 23.6 Å². The maximum Gasteiger partial charge on any atom is 0.271 e. The Morgan fingerprint density at radius 2 is 1.67 bits per heavy atom. The summed E-state index contributed by atoms with van der Waals surface area (Å²) >= 11 is 1.19.